The molecule has 2 unspecified atom stereocenters. The molecule has 0 fully saturated rings. The van der Waals surface area contributed by atoms with E-state index in [1.165, 1.54) is 11.1 Å². The third-order valence-electron chi connectivity index (χ3n) is 3.80. The molecule has 1 aliphatic rings. The maximum absolute atomic E-state index is 5.85. The maximum Gasteiger partial charge on any atom is 0.120 e. The Labute approximate surface area is 136 Å². The number of fused-ring (bicyclic) bond motifs is 1. The van der Waals surface area contributed by atoms with E-state index >= 15 is 0 Å². The third-order valence-corrected chi connectivity index (χ3v) is 5.54. The zero-order chi connectivity index (χ0) is 13.9. The van der Waals surface area contributed by atoms with Crippen LogP contribution in [0.4, 0.5) is 0 Å². The average molecular weight is 396 g/mol. The number of ether oxygens (including phenoxy) is 1. The van der Waals surface area contributed by atoms with Crippen molar-refractivity contribution in [3.8, 4) is 5.75 Å². The molecule has 0 spiro atoms. The molecule has 0 aliphatic heterocycles. The second-order valence-electron chi connectivity index (χ2n) is 5.16. The minimum Gasteiger partial charge on any atom is -0.494 e. The minimum absolute atomic E-state index is 0.463. The van der Waals surface area contributed by atoms with Crippen molar-refractivity contribution >= 4 is 31.9 Å². The summed E-state index contributed by atoms with van der Waals surface area (Å²) in [4.78, 5) is 0.463. The van der Waals surface area contributed by atoms with E-state index in [0.717, 1.165) is 29.7 Å². The van der Waals surface area contributed by atoms with Gasteiger partial charge in [0.15, 0.2) is 0 Å². The topological polar surface area (TPSA) is 9.23 Å². The van der Waals surface area contributed by atoms with Crippen LogP contribution in [0.25, 0.3) is 0 Å². The van der Waals surface area contributed by atoms with Gasteiger partial charge in [0.2, 0.25) is 0 Å². The van der Waals surface area contributed by atoms with Crippen LogP contribution in [0, 0.1) is 5.92 Å². The van der Waals surface area contributed by atoms with Crippen molar-refractivity contribution in [3.05, 3.63) is 64.1 Å². The van der Waals surface area contributed by atoms with Crippen molar-refractivity contribution in [1.29, 1.82) is 0 Å². The summed E-state index contributed by atoms with van der Waals surface area (Å²) in [6, 6.07) is 16.7. The lowest BCUT2D eigenvalue weighted by Gasteiger charge is -2.15. The summed E-state index contributed by atoms with van der Waals surface area (Å²) in [6.07, 6.45) is 2.21. The number of rotatable bonds is 4. The highest BCUT2D eigenvalue weighted by atomic mass is 79.9. The normalized spacial score (nSPS) is 20.7. The van der Waals surface area contributed by atoms with Gasteiger partial charge in [-0.2, -0.15) is 0 Å². The van der Waals surface area contributed by atoms with Crippen molar-refractivity contribution < 1.29 is 4.74 Å². The van der Waals surface area contributed by atoms with E-state index in [1.807, 2.05) is 24.3 Å². The van der Waals surface area contributed by atoms with Gasteiger partial charge in [-0.3, -0.25) is 0 Å². The highest BCUT2D eigenvalue weighted by Crippen LogP contribution is 2.43. The average Bonchev–Trinajstić information content (AvgIpc) is 2.76. The van der Waals surface area contributed by atoms with E-state index in [0.29, 0.717) is 10.7 Å². The Hall–Kier alpha value is -0.800. The Bertz CT molecular complexity index is 597. The molecule has 2 atom stereocenters. The van der Waals surface area contributed by atoms with Crippen LogP contribution in [0.1, 0.15) is 22.4 Å². The van der Waals surface area contributed by atoms with Crippen LogP contribution < -0.4 is 4.74 Å². The predicted octanol–water partition coefficient (Wildman–Crippen LogP) is 5.53. The number of halogens is 2. The van der Waals surface area contributed by atoms with Gasteiger partial charge in [-0.1, -0.05) is 62.2 Å². The quantitative estimate of drug-likeness (QED) is 0.618. The first-order chi connectivity index (χ1) is 9.74. The second kappa shape index (κ2) is 6.31. The molecule has 3 heteroatoms. The SMILES string of the molecule is Brc1cccc(OCCC2Cc3ccccc3C2Br)c1. The summed E-state index contributed by atoms with van der Waals surface area (Å²) in [5.74, 6) is 1.56. The summed E-state index contributed by atoms with van der Waals surface area (Å²) in [5.41, 5.74) is 2.92. The Morgan fingerprint density at radius 3 is 2.75 bits per heavy atom. The molecule has 1 nitrogen and oxygen atoms in total. The van der Waals surface area contributed by atoms with Crippen LogP contribution in [0.5, 0.6) is 5.75 Å². The highest BCUT2D eigenvalue weighted by Gasteiger charge is 2.29. The van der Waals surface area contributed by atoms with Crippen molar-refractivity contribution in [2.24, 2.45) is 5.92 Å². The summed E-state index contributed by atoms with van der Waals surface area (Å²) in [5, 5.41) is 0. The fourth-order valence-electron chi connectivity index (χ4n) is 2.76. The van der Waals surface area contributed by atoms with Gasteiger partial charge in [-0.15, -0.1) is 0 Å². The van der Waals surface area contributed by atoms with Gasteiger partial charge >= 0.3 is 0 Å². The maximum atomic E-state index is 5.85. The van der Waals surface area contributed by atoms with Crippen LogP contribution in [-0.2, 0) is 6.42 Å². The van der Waals surface area contributed by atoms with Crippen molar-refractivity contribution in [1.82, 2.24) is 0 Å². The summed E-state index contributed by atoms with van der Waals surface area (Å²) < 4.78 is 6.90. The minimum atomic E-state index is 0.463. The van der Waals surface area contributed by atoms with Crippen LogP contribution in [-0.4, -0.2) is 6.61 Å². The van der Waals surface area contributed by atoms with Gasteiger partial charge in [-0.25, -0.2) is 0 Å². The summed E-state index contributed by atoms with van der Waals surface area (Å²) >= 11 is 7.30. The van der Waals surface area contributed by atoms with Crippen LogP contribution in [0.2, 0.25) is 0 Å². The van der Waals surface area contributed by atoms with Crippen molar-refractivity contribution in [2.75, 3.05) is 6.61 Å². The molecule has 0 N–H and O–H groups in total. The number of benzene rings is 2. The van der Waals surface area contributed by atoms with E-state index in [-0.39, 0.29) is 0 Å². The number of hydrogen-bond acceptors (Lipinski definition) is 1. The van der Waals surface area contributed by atoms with E-state index in [2.05, 4.69) is 56.1 Å². The zero-order valence-electron chi connectivity index (χ0n) is 11.1. The lowest BCUT2D eigenvalue weighted by atomic mass is 10.0. The van der Waals surface area contributed by atoms with E-state index < -0.39 is 0 Å². The standard InChI is InChI=1S/C17H16Br2O/c18-14-5-3-6-15(11-14)20-9-8-13-10-12-4-1-2-7-16(12)17(13)19/h1-7,11,13,17H,8-10H2. The Balaban J connectivity index is 1.56. The van der Waals surface area contributed by atoms with Gasteiger partial charge in [0.05, 0.1) is 6.61 Å². The molecule has 0 saturated heterocycles. The second-order valence-corrected chi connectivity index (χ2v) is 7.06. The Morgan fingerprint density at radius 1 is 1.10 bits per heavy atom. The molecular formula is C17H16Br2O. The molecular weight excluding hydrogens is 380 g/mol. The fourth-order valence-corrected chi connectivity index (χ4v) is 4.04. The molecule has 0 bridgehead atoms. The molecule has 0 saturated carbocycles. The smallest absolute Gasteiger partial charge is 0.120 e. The predicted molar refractivity (Wildman–Crippen MR) is 89.6 cm³/mol. The monoisotopic (exact) mass is 394 g/mol. The molecule has 20 heavy (non-hydrogen) atoms. The molecule has 2 aromatic rings. The van der Waals surface area contributed by atoms with Crippen LogP contribution >= 0.6 is 31.9 Å². The first-order valence-electron chi connectivity index (χ1n) is 6.84. The van der Waals surface area contributed by atoms with E-state index in [1.54, 1.807) is 0 Å². The molecule has 0 amide bonds. The first-order valence-corrected chi connectivity index (χ1v) is 8.55. The zero-order valence-corrected chi connectivity index (χ0v) is 14.2. The molecule has 0 radical (unpaired) electrons. The van der Waals surface area contributed by atoms with Gasteiger partial charge in [0.1, 0.15) is 5.75 Å². The van der Waals surface area contributed by atoms with Crippen LogP contribution in [0.3, 0.4) is 0 Å². The summed E-state index contributed by atoms with van der Waals surface area (Å²) in [6.45, 7) is 0.761. The van der Waals surface area contributed by atoms with E-state index in [4.69, 9.17) is 4.74 Å². The molecule has 1 aliphatic carbocycles. The van der Waals surface area contributed by atoms with Crippen molar-refractivity contribution in [3.63, 3.8) is 0 Å². The summed E-state index contributed by atoms with van der Waals surface area (Å²) in [7, 11) is 0. The Kier molecular flexibility index (Phi) is 4.47. The largest absolute Gasteiger partial charge is 0.494 e. The molecule has 104 valence electrons. The lowest BCUT2D eigenvalue weighted by Crippen LogP contribution is -2.08. The van der Waals surface area contributed by atoms with E-state index in [9.17, 15) is 0 Å². The van der Waals surface area contributed by atoms with Crippen molar-refractivity contribution in [2.45, 2.75) is 17.7 Å². The van der Waals surface area contributed by atoms with Gasteiger partial charge in [-0.05, 0) is 48.1 Å². The lowest BCUT2D eigenvalue weighted by molar-refractivity contribution is 0.280. The van der Waals surface area contributed by atoms with Gasteiger partial charge in [0.25, 0.3) is 0 Å². The highest BCUT2D eigenvalue weighted by molar-refractivity contribution is 9.10. The number of alkyl halides is 1. The molecule has 0 aromatic heterocycles. The van der Waals surface area contributed by atoms with Gasteiger partial charge in [0, 0.05) is 9.30 Å². The fraction of sp³-hybridized carbons (Fsp3) is 0.294. The van der Waals surface area contributed by atoms with Gasteiger partial charge < -0.3 is 4.74 Å². The molecule has 0 heterocycles. The Morgan fingerprint density at radius 2 is 1.95 bits per heavy atom. The number of hydrogen-bond donors (Lipinski definition) is 0. The third kappa shape index (κ3) is 3.09. The first kappa shape index (κ1) is 14.2. The molecule has 3 rings (SSSR count). The van der Waals surface area contributed by atoms with Crippen LogP contribution in [0.15, 0.2) is 53.0 Å². The molecule has 2 aromatic carbocycles.